The molecule has 0 saturated carbocycles. The van der Waals surface area contributed by atoms with Crippen molar-refractivity contribution in [1.29, 1.82) is 0 Å². The lowest BCUT2D eigenvalue weighted by atomic mass is 10.8. The first kappa shape index (κ1) is 32.6. The molecule has 9 nitrogen and oxygen atoms in total. The number of hydrogen-bond donors (Lipinski definition) is 5. The SMILES string of the molecule is CC(=O)O.CC(=O)O.CCOCC.COCCO.OCCO. The van der Waals surface area contributed by atoms with Crippen LogP contribution in [0.1, 0.15) is 27.7 Å². The first-order valence-electron chi connectivity index (χ1n) is 6.49. The number of aliphatic hydroxyl groups is 3. The third-order valence-corrected chi connectivity index (χ3v) is 0.804. The van der Waals surface area contributed by atoms with E-state index in [1.165, 1.54) is 0 Å². The molecule has 0 atom stereocenters. The third-order valence-electron chi connectivity index (χ3n) is 0.804. The smallest absolute Gasteiger partial charge is 0.300 e. The van der Waals surface area contributed by atoms with Gasteiger partial charge in [0.05, 0.1) is 26.4 Å². The molecule has 0 heterocycles. The van der Waals surface area contributed by atoms with E-state index in [1.807, 2.05) is 13.8 Å². The highest BCUT2D eigenvalue weighted by Crippen LogP contribution is 1.64. The van der Waals surface area contributed by atoms with Crippen LogP contribution in [-0.4, -0.2) is 84.2 Å². The van der Waals surface area contributed by atoms with Gasteiger partial charge in [0.15, 0.2) is 0 Å². The Morgan fingerprint density at radius 2 is 1.09 bits per heavy atom. The number of carboxylic acid groups (broad SMARTS) is 2. The third kappa shape index (κ3) is 422. The molecule has 0 rings (SSSR count). The lowest BCUT2D eigenvalue weighted by Crippen LogP contribution is -1.91. The van der Waals surface area contributed by atoms with E-state index in [2.05, 4.69) is 4.74 Å². The molecule has 0 fully saturated rings. The van der Waals surface area contributed by atoms with Crippen LogP contribution in [0.3, 0.4) is 0 Å². The highest BCUT2D eigenvalue weighted by Gasteiger charge is 1.67. The summed E-state index contributed by atoms with van der Waals surface area (Å²) < 4.78 is 9.27. The van der Waals surface area contributed by atoms with Crippen LogP contribution >= 0.6 is 0 Å². The molecule has 22 heavy (non-hydrogen) atoms. The van der Waals surface area contributed by atoms with Gasteiger partial charge in [-0.1, -0.05) is 0 Å². The molecule has 0 aliphatic rings. The van der Waals surface area contributed by atoms with Gasteiger partial charge in [-0.25, -0.2) is 0 Å². The van der Waals surface area contributed by atoms with E-state index in [1.54, 1.807) is 7.11 Å². The maximum atomic E-state index is 9.00. The van der Waals surface area contributed by atoms with Gasteiger partial charge in [0, 0.05) is 34.2 Å². The molecule has 5 N–H and O–H groups in total. The molecule has 0 amide bonds. The zero-order valence-electron chi connectivity index (χ0n) is 14.1. The van der Waals surface area contributed by atoms with Gasteiger partial charge in [-0.05, 0) is 13.8 Å². The molecule has 138 valence electrons. The Labute approximate surface area is 132 Å². The Bertz CT molecular complexity index is 154. The minimum Gasteiger partial charge on any atom is -0.481 e. The fraction of sp³-hybridized carbons (Fsp3) is 0.846. The molecule has 0 aliphatic carbocycles. The molecule has 0 aromatic heterocycles. The van der Waals surface area contributed by atoms with Gasteiger partial charge in [0.1, 0.15) is 0 Å². The summed E-state index contributed by atoms with van der Waals surface area (Å²) in [6.07, 6.45) is 0. The van der Waals surface area contributed by atoms with E-state index in [0.29, 0.717) is 6.61 Å². The molecule has 0 aliphatic heterocycles. The van der Waals surface area contributed by atoms with Crippen molar-refractivity contribution in [1.82, 2.24) is 0 Å². The van der Waals surface area contributed by atoms with Crippen LogP contribution in [0.15, 0.2) is 0 Å². The molecule has 0 bridgehead atoms. The lowest BCUT2D eigenvalue weighted by Gasteiger charge is -1.86. The second-order valence-corrected chi connectivity index (χ2v) is 2.98. The molecule has 0 radical (unpaired) electrons. The number of carboxylic acids is 2. The van der Waals surface area contributed by atoms with E-state index in [-0.39, 0.29) is 19.8 Å². The van der Waals surface area contributed by atoms with Crippen LogP contribution in [0.2, 0.25) is 0 Å². The van der Waals surface area contributed by atoms with E-state index in [0.717, 1.165) is 27.1 Å². The van der Waals surface area contributed by atoms with E-state index >= 15 is 0 Å². The maximum Gasteiger partial charge on any atom is 0.300 e. The summed E-state index contributed by atoms with van der Waals surface area (Å²) in [5.74, 6) is -1.67. The summed E-state index contributed by atoms with van der Waals surface area (Å²) in [5.41, 5.74) is 0. The van der Waals surface area contributed by atoms with Gasteiger partial charge < -0.3 is 35.0 Å². The van der Waals surface area contributed by atoms with Crippen LogP contribution in [0.4, 0.5) is 0 Å². The van der Waals surface area contributed by atoms with Crippen LogP contribution in [0.25, 0.3) is 0 Å². The Hall–Kier alpha value is -1.26. The van der Waals surface area contributed by atoms with E-state index < -0.39 is 11.9 Å². The topological polar surface area (TPSA) is 154 Å². The standard InChI is InChI=1S/C4H10O.C3H8O2.2C2H4O2.C2H6O2/c1-3-5-4-2;1-5-3-2-4;2*1-2(3)4;3-1-2-4/h3-4H2,1-2H3;4H,2-3H2,1H3;2*1H3,(H,3,4);3-4H,1-2H2. The van der Waals surface area contributed by atoms with Crippen molar-refractivity contribution < 1.29 is 44.6 Å². The molecule has 0 saturated heterocycles. The first-order chi connectivity index (χ1) is 10.2. The van der Waals surface area contributed by atoms with Gasteiger partial charge in [0.25, 0.3) is 11.9 Å². The van der Waals surface area contributed by atoms with Crippen molar-refractivity contribution in [2.75, 3.05) is 46.8 Å². The Morgan fingerprint density at radius 3 is 1.09 bits per heavy atom. The largest absolute Gasteiger partial charge is 0.481 e. The molecule has 9 heteroatoms. The van der Waals surface area contributed by atoms with Crippen molar-refractivity contribution in [3.63, 3.8) is 0 Å². The highest BCUT2D eigenvalue weighted by atomic mass is 16.5. The fourth-order valence-corrected chi connectivity index (χ4v) is 0.295. The van der Waals surface area contributed by atoms with Crippen LogP contribution in [0.5, 0.6) is 0 Å². The number of aliphatic carboxylic acids is 2. The van der Waals surface area contributed by atoms with Crippen LogP contribution in [0, 0.1) is 0 Å². The maximum absolute atomic E-state index is 9.00. The summed E-state index contributed by atoms with van der Waals surface area (Å²) >= 11 is 0. The average Bonchev–Trinajstić information content (AvgIpc) is 2.40. The van der Waals surface area contributed by atoms with Crippen LogP contribution in [-0.2, 0) is 19.1 Å². The number of rotatable bonds is 5. The van der Waals surface area contributed by atoms with E-state index in [9.17, 15) is 0 Å². The predicted molar refractivity (Wildman–Crippen MR) is 81.9 cm³/mol. The van der Waals surface area contributed by atoms with Gasteiger partial charge >= 0.3 is 0 Å². The van der Waals surface area contributed by atoms with Crippen molar-refractivity contribution in [3.8, 4) is 0 Å². The quantitative estimate of drug-likeness (QED) is 0.461. The van der Waals surface area contributed by atoms with Gasteiger partial charge in [-0.15, -0.1) is 0 Å². The summed E-state index contributed by atoms with van der Waals surface area (Å²) in [6.45, 7) is 8.15. The summed E-state index contributed by atoms with van der Waals surface area (Å²) in [7, 11) is 1.55. The molecular formula is C13H32O9. The highest BCUT2D eigenvalue weighted by molar-refractivity contribution is 5.63. The minimum absolute atomic E-state index is 0.122. The zero-order chi connectivity index (χ0) is 18.8. The monoisotopic (exact) mass is 332 g/mol. The molecule has 0 aromatic rings. The second kappa shape index (κ2) is 42.7. The zero-order valence-corrected chi connectivity index (χ0v) is 14.1. The van der Waals surface area contributed by atoms with Crippen molar-refractivity contribution in [2.45, 2.75) is 27.7 Å². The Balaban J connectivity index is -0.0000000550. The average molecular weight is 332 g/mol. The molecular weight excluding hydrogens is 300 g/mol. The summed E-state index contributed by atoms with van der Waals surface area (Å²) in [6, 6.07) is 0. The van der Waals surface area contributed by atoms with Gasteiger partial charge in [-0.2, -0.15) is 0 Å². The first-order valence-corrected chi connectivity index (χ1v) is 6.49. The predicted octanol–water partition coefficient (Wildman–Crippen LogP) is -0.179. The van der Waals surface area contributed by atoms with Gasteiger partial charge in [-0.3, -0.25) is 9.59 Å². The Kier molecular flexibility index (Phi) is 63.3. The number of methoxy groups -OCH3 is 1. The number of hydrogen-bond acceptors (Lipinski definition) is 7. The van der Waals surface area contributed by atoms with Crippen molar-refractivity contribution >= 4 is 11.9 Å². The van der Waals surface area contributed by atoms with Gasteiger partial charge in [0.2, 0.25) is 0 Å². The normalized spacial score (nSPS) is 7.45. The summed E-state index contributed by atoms with van der Waals surface area (Å²) in [5, 5.41) is 38.0. The number of aliphatic hydroxyl groups excluding tert-OH is 3. The summed E-state index contributed by atoms with van der Waals surface area (Å²) in [4.78, 5) is 18.0. The van der Waals surface area contributed by atoms with Crippen molar-refractivity contribution in [2.24, 2.45) is 0 Å². The van der Waals surface area contributed by atoms with E-state index in [4.69, 9.17) is 39.9 Å². The fourth-order valence-electron chi connectivity index (χ4n) is 0.295. The number of ether oxygens (including phenoxy) is 2. The van der Waals surface area contributed by atoms with Crippen LogP contribution < -0.4 is 0 Å². The molecule has 0 aromatic carbocycles. The number of carbonyl (C=O) groups is 2. The second-order valence-electron chi connectivity index (χ2n) is 2.98. The molecule has 0 spiro atoms. The Morgan fingerprint density at radius 1 is 0.818 bits per heavy atom. The van der Waals surface area contributed by atoms with Crippen molar-refractivity contribution in [3.05, 3.63) is 0 Å². The molecule has 0 unspecified atom stereocenters. The minimum atomic E-state index is -0.833. The lowest BCUT2D eigenvalue weighted by molar-refractivity contribution is -0.135.